The fourth-order valence-corrected chi connectivity index (χ4v) is 2.14. The van der Waals surface area contributed by atoms with E-state index in [-0.39, 0.29) is 12.4 Å². The van der Waals surface area contributed by atoms with E-state index >= 15 is 0 Å². The highest BCUT2D eigenvalue weighted by Gasteiger charge is 2.32. The van der Waals surface area contributed by atoms with Crippen LogP contribution in [0.15, 0.2) is 25.0 Å². The highest BCUT2D eigenvalue weighted by atomic mass is 16.5. The van der Waals surface area contributed by atoms with Gasteiger partial charge in [-0.1, -0.05) is 0 Å². The van der Waals surface area contributed by atoms with E-state index in [9.17, 15) is 5.11 Å². The van der Waals surface area contributed by atoms with Crippen molar-refractivity contribution in [2.24, 2.45) is 0 Å². The first-order valence-electron chi connectivity index (χ1n) is 5.76. The standard InChI is InChI=1S/C11H13N5O3/c12-10-8-11(14-4-13-10)16(5-15-8)6-1-2-19-7(3-17)9(6)18/h1-2,4-7,9,17-18H,3H2,(H2,12,13,14)/t6-,7-,9+/m0/s1. The van der Waals surface area contributed by atoms with Crippen LogP contribution < -0.4 is 5.73 Å². The molecule has 19 heavy (non-hydrogen) atoms. The van der Waals surface area contributed by atoms with Gasteiger partial charge in [0.15, 0.2) is 11.5 Å². The largest absolute Gasteiger partial charge is 0.493 e. The van der Waals surface area contributed by atoms with Gasteiger partial charge in [-0.3, -0.25) is 0 Å². The second kappa shape index (κ2) is 4.48. The third kappa shape index (κ3) is 1.81. The average molecular weight is 263 g/mol. The fraction of sp³-hybridized carbons (Fsp3) is 0.364. The number of nitrogen functional groups attached to an aromatic ring is 1. The van der Waals surface area contributed by atoms with Crippen LogP contribution in [0.4, 0.5) is 5.82 Å². The van der Waals surface area contributed by atoms with E-state index in [1.165, 1.54) is 18.9 Å². The van der Waals surface area contributed by atoms with Gasteiger partial charge in [0, 0.05) is 0 Å². The van der Waals surface area contributed by atoms with Gasteiger partial charge in [0.05, 0.1) is 25.2 Å². The van der Waals surface area contributed by atoms with Crippen molar-refractivity contribution in [3.63, 3.8) is 0 Å². The molecule has 1 aliphatic rings. The summed E-state index contributed by atoms with van der Waals surface area (Å²) in [5.74, 6) is 0.285. The van der Waals surface area contributed by atoms with Crippen molar-refractivity contribution in [2.75, 3.05) is 12.3 Å². The zero-order chi connectivity index (χ0) is 13.4. The van der Waals surface area contributed by atoms with E-state index in [1.54, 1.807) is 10.6 Å². The molecular weight excluding hydrogens is 250 g/mol. The minimum Gasteiger partial charge on any atom is -0.493 e. The number of aromatic nitrogens is 4. The normalized spacial score (nSPS) is 26.5. The molecule has 0 bridgehead atoms. The maximum Gasteiger partial charge on any atom is 0.166 e. The predicted molar refractivity (Wildman–Crippen MR) is 65.9 cm³/mol. The van der Waals surface area contributed by atoms with Crippen LogP contribution in [-0.2, 0) is 4.74 Å². The first-order valence-corrected chi connectivity index (χ1v) is 5.76. The minimum atomic E-state index is -0.899. The lowest BCUT2D eigenvalue weighted by Gasteiger charge is -2.30. The summed E-state index contributed by atoms with van der Waals surface area (Å²) < 4.78 is 6.81. The fourth-order valence-electron chi connectivity index (χ4n) is 2.14. The third-order valence-electron chi connectivity index (χ3n) is 3.15. The van der Waals surface area contributed by atoms with Gasteiger partial charge in [0.25, 0.3) is 0 Å². The van der Waals surface area contributed by atoms with Crippen LogP contribution >= 0.6 is 0 Å². The highest BCUT2D eigenvalue weighted by Crippen LogP contribution is 2.26. The molecule has 3 rings (SSSR count). The summed E-state index contributed by atoms with van der Waals surface area (Å²) in [6.45, 7) is -0.272. The number of aliphatic hydroxyl groups excluding tert-OH is 2. The molecule has 0 aromatic carbocycles. The van der Waals surface area contributed by atoms with Gasteiger partial charge >= 0.3 is 0 Å². The summed E-state index contributed by atoms with van der Waals surface area (Å²) in [7, 11) is 0. The number of rotatable bonds is 2. The van der Waals surface area contributed by atoms with Gasteiger partial charge in [-0.2, -0.15) is 0 Å². The minimum absolute atomic E-state index is 0.272. The van der Waals surface area contributed by atoms with Crippen LogP contribution in [0.2, 0.25) is 0 Å². The van der Waals surface area contributed by atoms with Crippen molar-refractivity contribution < 1.29 is 14.9 Å². The highest BCUT2D eigenvalue weighted by molar-refractivity contribution is 5.81. The van der Waals surface area contributed by atoms with Gasteiger partial charge in [0.2, 0.25) is 0 Å². The lowest BCUT2D eigenvalue weighted by atomic mass is 10.0. The van der Waals surface area contributed by atoms with E-state index in [1.807, 2.05) is 0 Å². The van der Waals surface area contributed by atoms with Crippen LogP contribution in [0.25, 0.3) is 11.2 Å². The Morgan fingerprint density at radius 3 is 3.00 bits per heavy atom. The second-order valence-electron chi connectivity index (χ2n) is 4.25. The molecule has 0 saturated heterocycles. The van der Waals surface area contributed by atoms with Crippen LogP contribution in [0, 0.1) is 0 Å². The summed E-state index contributed by atoms with van der Waals surface area (Å²) in [5, 5.41) is 19.3. The molecule has 2 aromatic heterocycles. The summed E-state index contributed by atoms with van der Waals surface area (Å²) in [4.78, 5) is 12.1. The van der Waals surface area contributed by atoms with Crippen molar-refractivity contribution in [2.45, 2.75) is 18.2 Å². The Morgan fingerprint density at radius 2 is 2.21 bits per heavy atom. The SMILES string of the molecule is Nc1ncnc2c1ncn2[C@H]1C=CO[C@@H](CO)[C@@H]1O. The van der Waals surface area contributed by atoms with Crippen molar-refractivity contribution in [1.29, 1.82) is 0 Å². The molecule has 2 aromatic rings. The Morgan fingerprint density at radius 1 is 1.37 bits per heavy atom. The summed E-state index contributed by atoms with van der Waals surface area (Å²) >= 11 is 0. The smallest absolute Gasteiger partial charge is 0.166 e. The lowest BCUT2D eigenvalue weighted by molar-refractivity contribution is -0.0503. The van der Waals surface area contributed by atoms with Crippen molar-refractivity contribution >= 4 is 17.0 Å². The van der Waals surface area contributed by atoms with Crippen molar-refractivity contribution in [3.05, 3.63) is 25.0 Å². The lowest BCUT2D eigenvalue weighted by Crippen LogP contribution is -2.40. The average Bonchev–Trinajstić information content (AvgIpc) is 2.84. The van der Waals surface area contributed by atoms with Gasteiger partial charge in [-0.05, 0) is 6.08 Å². The summed E-state index contributed by atoms with van der Waals surface area (Å²) in [6.07, 6.45) is 4.43. The number of aliphatic hydroxyl groups is 2. The molecule has 4 N–H and O–H groups in total. The summed E-state index contributed by atoms with van der Waals surface area (Å²) in [6, 6.07) is -0.426. The van der Waals surface area contributed by atoms with E-state index in [2.05, 4.69) is 15.0 Å². The topological polar surface area (TPSA) is 119 Å². The number of fused-ring (bicyclic) bond motifs is 1. The molecule has 8 nitrogen and oxygen atoms in total. The van der Waals surface area contributed by atoms with Crippen molar-refractivity contribution in [1.82, 2.24) is 19.5 Å². The van der Waals surface area contributed by atoms with E-state index in [0.717, 1.165) is 0 Å². The Balaban J connectivity index is 2.07. The molecule has 3 heterocycles. The molecule has 0 spiro atoms. The van der Waals surface area contributed by atoms with Gasteiger partial charge < -0.3 is 25.3 Å². The maximum atomic E-state index is 10.2. The molecule has 0 unspecified atom stereocenters. The monoisotopic (exact) mass is 263 g/mol. The molecule has 0 amide bonds. The van der Waals surface area contributed by atoms with Crippen LogP contribution in [0.5, 0.6) is 0 Å². The molecule has 1 aliphatic heterocycles. The Hall–Kier alpha value is -2.19. The molecule has 100 valence electrons. The number of hydrogen-bond donors (Lipinski definition) is 3. The maximum absolute atomic E-state index is 10.2. The van der Waals surface area contributed by atoms with Crippen LogP contribution in [0.1, 0.15) is 6.04 Å². The quantitative estimate of drug-likeness (QED) is 0.649. The zero-order valence-electron chi connectivity index (χ0n) is 9.92. The van der Waals surface area contributed by atoms with Gasteiger partial charge in [0.1, 0.15) is 24.1 Å². The Bertz CT molecular complexity index is 626. The van der Waals surface area contributed by atoms with E-state index in [4.69, 9.17) is 15.6 Å². The number of imidazole rings is 1. The van der Waals surface area contributed by atoms with Gasteiger partial charge in [-0.15, -0.1) is 0 Å². The van der Waals surface area contributed by atoms with Crippen LogP contribution in [0.3, 0.4) is 0 Å². The first kappa shape index (κ1) is 11.9. The number of nitrogens with two attached hydrogens (primary N) is 1. The predicted octanol–water partition coefficient (Wildman–Crippen LogP) is -0.785. The molecule has 8 heteroatoms. The molecular formula is C11H13N5O3. The van der Waals surface area contributed by atoms with E-state index in [0.29, 0.717) is 11.2 Å². The molecule has 0 radical (unpaired) electrons. The first-order chi connectivity index (χ1) is 9.22. The number of ether oxygens (including phenoxy) is 1. The van der Waals surface area contributed by atoms with Gasteiger partial charge in [-0.25, -0.2) is 15.0 Å². The molecule has 0 saturated carbocycles. The second-order valence-corrected chi connectivity index (χ2v) is 4.25. The van der Waals surface area contributed by atoms with Crippen LogP contribution in [-0.4, -0.2) is 48.5 Å². The zero-order valence-corrected chi connectivity index (χ0v) is 9.92. The number of hydrogen-bond acceptors (Lipinski definition) is 7. The number of nitrogens with zero attached hydrogens (tertiary/aromatic N) is 4. The van der Waals surface area contributed by atoms with Crippen molar-refractivity contribution in [3.8, 4) is 0 Å². The number of anilines is 1. The Labute approximate surface area is 108 Å². The summed E-state index contributed by atoms with van der Waals surface area (Å²) in [5.41, 5.74) is 6.72. The van der Waals surface area contributed by atoms with E-state index < -0.39 is 18.2 Å². The Kier molecular flexibility index (Phi) is 2.80. The molecule has 0 fully saturated rings. The molecule has 0 aliphatic carbocycles. The third-order valence-corrected chi connectivity index (χ3v) is 3.15. The molecule has 3 atom stereocenters.